The van der Waals surface area contributed by atoms with Gasteiger partial charge in [-0.15, -0.1) is 0 Å². The monoisotopic (exact) mass is 279 g/mol. The van der Waals surface area contributed by atoms with Gasteiger partial charge in [-0.2, -0.15) is 11.8 Å². The van der Waals surface area contributed by atoms with Gasteiger partial charge in [0.05, 0.1) is 0 Å². The number of carbonyl (C=O) groups is 1. The summed E-state index contributed by atoms with van der Waals surface area (Å²) < 4.78 is 0. The lowest BCUT2D eigenvalue weighted by molar-refractivity contribution is -0.145. The number of benzene rings is 1. The molecule has 0 aromatic heterocycles. The second-order valence-corrected chi connectivity index (χ2v) is 7.00. The maximum Gasteiger partial charge on any atom is 0.330 e. The standard InChI is InChI=1S/C15H21NO2S/c1-11-5-4-6-12(9-11)16-15(13(17)18)10-19-8-7-14(15,2)3/h4-6,9,16H,7-8,10H2,1-3H3,(H,17,18). The maximum atomic E-state index is 11.9. The van der Waals surface area contributed by atoms with Crippen LogP contribution < -0.4 is 5.32 Å². The van der Waals surface area contributed by atoms with Gasteiger partial charge >= 0.3 is 5.97 Å². The average molecular weight is 279 g/mol. The van der Waals surface area contributed by atoms with Gasteiger partial charge in [0.2, 0.25) is 0 Å². The van der Waals surface area contributed by atoms with E-state index in [0.717, 1.165) is 23.4 Å². The number of nitrogens with one attached hydrogen (secondary N) is 1. The molecule has 1 fully saturated rings. The second-order valence-electron chi connectivity index (χ2n) is 5.89. The Morgan fingerprint density at radius 1 is 1.42 bits per heavy atom. The van der Waals surface area contributed by atoms with Crippen LogP contribution in [0.4, 0.5) is 5.69 Å². The number of carboxylic acids is 1. The minimum absolute atomic E-state index is 0.270. The molecular formula is C15H21NO2S. The molecule has 1 saturated heterocycles. The van der Waals surface area contributed by atoms with E-state index < -0.39 is 11.5 Å². The Bertz CT molecular complexity index is 487. The van der Waals surface area contributed by atoms with E-state index in [2.05, 4.69) is 5.32 Å². The van der Waals surface area contributed by atoms with Gasteiger partial charge < -0.3 is 10.4 Å². The minimum Gasteiger partial charge on any atom is -0.479 e. The first-order valence-corrected chi connectivity index (χ1v) is 7.69. The zero-order valence-electron chi connectivity index (χ0n) is 11.7. The molecule has 4 heteroatoms. The first kappa shape index (κ1) is 14.3. The molecule has 104 valence electrons. The van der Waals surface area contributed by atoms with Crippen molar-refractivity contribution in [3.63, 3.8) is 0 Å². The summed E-state index contributed by atoms with van der Waals surface area (Å²) in [4.78, 5) is 11.9. The fourth-order valence-corrected chi connectivity index (χ4v) is 4.23. The number of aryl methyl sites for hydroxylation is 1. The highest BCUT2D eigenvalue weighted by Crippen LogP contribution is 2.44. The van der Waals surface area contributed by atoms with E-state index >= 15 is 0 Å². The molecule has 1 unspecified atom stereocenters. The highest BCUT2D eigenvalue weighted by Gasteiger charge is 2.53. The second kappa shape index (κ2) is 5.08. The lowest BCUT2D eigenvalue weighted by Crippen LogP contribution is -2.61. The number of thioether (sulfide) groups is 1. The Hall–Kier alpha value is -1.16. The third kappa shape index (κ3) is 2.59. The van der Waals surface area contributed by atoms with Gasteiger partial charge in [-0.05, 0) is 36.8 Å². The van der Waals surface area contributed by atoms with Crippen LogP contribution >= 0.6 is 11.8 Å². The number of anilines is 1. The number of aliphatic carboxylic acids is 1. The van der Waals surface area contributed by atoms with Crippen molar-refractivity contribution in [2.24, 2.45) is 5.41 Å². The summed E-state index contributed by atoms with van der Waals surface area (Å²) in [5.41, 5.74) is 0.849. The van der Waals surface area contributed by atoms with Crippen LogP contribution in [0.3, 0.4) is 0 Å². The molecule has 3 nitrogen and oxygen atoms in total. The average Bonchev–Trinajstić information content (AvgIpc) is 2.31. The Balaban J connectivity index is 2.37. The van der Waals surface area contributed by atoms with Gasteiger partial charge in [-0.25, -0.2) is 4.79 Å². The van der Waals surface area contributed by atoms with E-state index in [1.807, 2.05) is 45.0 Å². The molecule has 1 aromatic rings. The zero-order valence-corrected chi connectivity index (χ0v) is 12.5. The molecular weight excluding hydrogens is 258 g/mol. The molecule has 1 atom stereocenters. The molecule has 1 heterocycles. The molecule has 19 heavy (non-hydrogen) atoms. The smallest absolute Gasteiger partial charge is 0.330 e. The topological polar surface area (TPSA) is 49.3 Å². The van der Waals surface area contributed by atoms with Crippen molar-refractivity contribution >= 4 is 23.4 Å². The van der Waals surface area contributed by atoms with Gasteiger partial charge in [-0.1, -0.05) is 26.0 Å². The van der Waals surface area contributed by atoms with Crippen LogP contribution in [0.5, 0.6) is 0 Å². The summed E-state index contributed by atoms with van der Waals surface area (Å²) in [5.74, 6) is 0.868. The largest absolute Gasteiger partial charge is 0.479 e. The molecule has 0 amide bonds. The van der Waals surface area contributed by atoms with Crippen LogP contribution in [0, 0.1) is 12.3 Å². The molecule has 1 aliphatic rings. The van der Waals surface area contributed by atoms with Crippen molar-refractivity contribution in [2.75, 3.05) is 16.8 Å². The molecule has 1 aliphatic heterocycles. The Kier molecular flexibility index (Phi) is 3.81. The third-order valence-electron chi connectivity index (χ3n) is 4.09. The first-order chi connectivity index (χ1) is 8.87. The predicted octanol–water partition coefficient (Wildman–Crippen LogP) is 3.39. The van der Waals surface area contributed by atoms with Gasteiger partial charge in [0.25, 0.3) is 0 Å². The lowest BCUT2D eigenvalue weighted by atomic mass is 9.70. The molecule has 0 bridgehead atoms. The molecule has 0 saturated carbocycles. The lowest BCUT2D eigenvalue weighted by Gasteiger charge is -2.47. The fourth-order valence-electron chi connectivity index (χ4n) is 2.54. The number of carboxylic acid groups (broad SMARTS) is 1. The van der Waals surface area contributed by atoms with Crippen LogP contribution in [0.2, 0.25) is 0 Å². The fraction of sp³-hybridized carbons (Fsp3) is 0.533. The summed E-state index contributed by atoms with van der Waals surface area (Å²) in [6.45, 7) is 6.10. The van der Waals surface area contributed by atoms with Crippen molar-refractivity contribution in [1.29, 1.82) is 0 Å². The normalized spacial score (nSPS) is 25.8. The van der Waals surface area contributed by atoms with E-state index in [0.29, 0.717) is 5.75 Å². The highest BCUT2D eigenvalue weighted by atomic mass is 32.2. The van der Waals surface area contributed by atoms with Crippen molar-refractivity contribution in [3.8, 4) is 0 Å². The van der Waals surface area contributed by atoms with Crippen LogP contribution in [0.1, 0.15) is 25.8 Å². The number of hydrogen-bond donors (Lipinski definition) is 2. The van der Waals surface area contributed by atoms with E-state index in [1.165, 1.54) is 0 Å². The number of hydrogen-bond acceptors (Lipinski definition) is 3. The number of rotatable bonds is 3. The molecule has 0 aliphatic carbocycles. The van der Waals surface area contributed by atoms with Crippen LogP contribution in [0.25, 0.3) is 0 Å². The summed E-state index contributed by atoms with van der Waals surface area (Å²) in [6.07, 6.45) is 0.906. The summed E-state index contributed by atoms with van der Waals surface area (Å²) >= 11 is 1.71. The molecule has 2 rings (SSSR count). The van der Waals surface area contributed by atoms with Crippen molar-refractivity contribution in [2.45, 2.75) is 32.7 Å². The van der Waals surface area contributed by atoms with E-state index in [9.17, 15) is 9.90 Å². The molecule has 0 radical (unpaired) electrons. The SMILES string of the molecule is Cc1cccc(NC2(C(=O)O)CSCCC2(C)C)c1. The summed E-state index contributed by atoms with van der Waals surface area (Å²) in [6, 6.07) is 7.91. The van der Waals surface area contributed by atoms with Gasteiger partial charge in [-0.3, -0.25) is 0 Å². The van der Waals surface area contributed by atoms with E-state index in [-0.39, 0.29) is 5.41 Å². The van der Waals surface area contributed by atoms with Crippen molar-refractivity contribution < 1.29 is 9.90 Å². The summed E-state index contributed by atoms with van der Waals surface area (Å²) in [7, 11) is 0. The highest BCUT2D eigenvalue weighted by molar-refractivity contribution is 7.99. The van der Waals surface area contributed by atoms with Crippen LogP contribution in [-0.2, 0) is 4.79 Å². The van der Waals surface area contributed by atoms with Gasteiger partial charge in [0.15, 0.2) is 0 Å². The van der Waals surface area contributed by atoms with E-state index in [4.69, 9.17) is 0 Å². The molecule has 2 N–H and O–H groups in total. The quantitative estimate of drug-likeness (QED) is 0.890. The van der Waals surface area contributed by atoms with Crippen molar-refractivity contribution in [3.05, 3.63) is 29.8 Å². The zero-order chi connectivity index (χ0) is 14.1. The molecule has 0 spiro atoms. The third-order valence-corrected chi connectivity index (χ3v) is 5.22. The molecule has 1 aromatic carbocycles. The van der Waals surface area contributed by atoms with E-state index in [1.54, 1.807) is 11.8 Å². The van der Waals surface area contributed by atoms with Crippen LogP contribution in [-0.4, -0.2) is 28.1 Å². The Labute approximate surface area is 118 Å². The minimum atomic E-state index is -0.899. The Morgan fingerprint density at radius 2 is 2.16 bits per heavy atom. The van der Waals surface area contributed by atoms with Crippen molar-refractivity contribution in [1.82, 2.24) is 0 Å². The predicted molar refractivity (Wildman–Crippen MR) is 80.9 cm³/mol. The maximum absolute atomic E-state index is 11.9. The Morgan fingerprint density at radius 3 is 2.74 bits per heavy atom. The van der Waals surface area contributed by atoms with Crippen LogP contribution in [0.15, 0.2) is 24.3 Å². The van der Waals surface area contributed by atoms with Gasteiger partial charge in [0.1, 0.15) is 5.54 Å². The van der Waals surface area contributed by atoms with Gasteiger partial charge in [0, 0.05) is 16.9 Å². The summed E-state index contributed by atoms with van der Waals surface area (Å²) in [5, 5.41) is 13.1. The first-order valence-electron chi connectivity index (χ1n) is 6.53.